The Balaban J connectivity index is 3.27. The second-order valence-corrected chi connectivity index (χ2v) is 3.90. The number of hydrogen-bond donors (Lipinski definition) is 0. The first kappa shape index (κ1) is 9.67. The molecule has 0 unspecified atom stereocenters. The van der Waals surface area contributed by atoms with Crippen LogP contribution in [-0.4, -0.2) is 10.9 Å². The lowest BCUT2D eigenvalue weighted by Crippen LogP contribution is -2.20. The van der Waals surface area contributed by atoms with Gasteiger partial charge in [0.1, 0.15) is 6.29 Å². The van der Waals surface area contributed by atoms with Crippen molar-refractivity contribution in [3.05, 3.63) is 31.6 Å². The Morgan fingerprint density at radius 2 is 2.17 bits per heavy atom. The van der Waals surface area contributed by atoms with Crippen molar-refractivity contribution in [1.82, 2.24) is 4.57 Å². The van der Waals surface area contributed by atoms with Crippen molar-refractivity contribution in [2.45, 2.75) is 6.54 Å². The lowest BCUT2D eigenvalue weighted by Gasteiger charge is -2.01. The van der Waals surface area contributed by atoms with Gasteiger partial charge in [-0.05, 0) is 37.9 Å². The molecule has 1 rings (SSSR count). The van der Waals surface area contributed by atoms with Gasteiger partial charge in [0.15, 0.2) is 0 Å². The molecule has 1 aromatic rings. The molecule has 1 heterocycles. The SMILES string of the molecule is O=CCn1cc(Br)cc(Br)c1=O. The van der Waals surface area contributed by atoms with Crippen LogP contribution in [0.25, 0.3) is 0 Å². The quantitative estimate of drug-likeness (QED) is 0.777. The van der Waals surface area contributed by atoms with Gasteiger partial charge in [0.2, 0.25) is 0 Å². The van der Waals surface area contributed by atoms with Crippen molar-refractivity contribution < 1.29 is 4.79 Å². The summed E-state index contributed by atoms with van der Waals surface area (Å²) >= 11 is 6.30. The summed E-state index contributed by atoms with van der Waals surface area (Å²) in [6.45, 7) is 0.0802. The number of aldehydes is 1. The first-order valence-corrected chi connectivity index (χ1v) is 4.73. The molecule has 5 heteroatoms. The van der Waals surface area contributed by atoms with Crippen LogP contribution in [0.2, 0.25) is 0 Å². The molecule has 0 bridgehead atoms. The molecule has 3 nitrogen and oxygen atoms in total. The molecule has 0 N–H and O–H groups in total. The minimum absolute atomic E-state index is 0.0802. The number of carbonyl (C=O) groups is 1. The van der Waals surface area contributed by atoms with E-state index < -0.39 is 0 Å². The molecule has 0 aliphatic rings. The smallest absolute Gasteiger partial charge is 0.265 e. The molecule has 0 saturated carbocycles. The minimum Gasteiger partial charge on any atom is -0.306 e. The maximum Gasteiger partial charge on any atom is 0.265 e. The van der Waals surface area contributed by atoms with Crippen molar-refractivity contribution >= 4 is 38.1 Å². The van der Waals surface area contributed by atoms with Gasteiger partial charge < -0.3 is 9.36 Å². The number of nitrogens with zero attached hydrogens (tertiary/aromatic N) is 1. The number of hydrogen-bond acceptors (Lipinski definition) is 2. The average Bonchev–Trinajstić information content (AvgIpc) is 2.00. The summed E-state index contributed by atoms with van der Waals surface area (Å²) in [6, 6.07) is 1.64. The molecule has 0 aliphatic heterocycles. The standard InChI is InChI=1S/C7H5Br2NO2/c8-5-3-6(9)7(12)10(4-5)1-2-11/h2-4H,1H2. The Kier molecular flexibility index (Phi) is 3.22. The van der Waals surface area contributed by atoms with Crippen LogP contribution >= 0.6 is 31.9 Å². The number of pyridine rings is 1. The monoisotopic (exact) mass is 293 g/mol. The highest BCUT2D eigenvalue weighted by molar-refractivity contribution is 9.11. The molecule has 0 fully saturated rings. The van der Waals surface area contributed by atoms with Crippen molar-refractivity contribution in [1.29, 1.82) is 0 Å². The highest BCUT2D eigenvalue weighted by Crippen LogP contribution is 2.12. The van der Waals surface area contributed by atoms with E-state index in [1.165, 1.54) is 4.57 Å². The topological polar surface area (TPSA) is 39.1 Å². The lowest BCUT2D eigenvalue weighted by molar-refractivity contribution is -0.108. The summed E-state index contributed by atoms with van der Waals surface area (Å²) in [4.78, 5) is 21.4. The van der Waals surface area contributed by atoms with Crippen molar-refractivity contribution in [2.24, 2.45) is 0 Å². The van der Waals surface area contributed by atoms with E-state index >= 15 is 0 Å². The molecule has 0 amide bonds. The number of aromatic nitrogens is 1. The van der Waals surface area contributed by atoms with Gasteiger partial charge in [0.05, 0.1) is 11.0 Å². The zero-order valence-corrected chi connectivity index (χ0v) is 9.13. The van der Waals surface area contributed by atoms with E-state index in [4.69, 9.17) is 0 Å². The Labute approximate surface area is 85.6 Å². The number of carbonyl (C=O) groups excluding carboxylic acids is 1. The van der Waals surface area contributed by atoms with Gasteiger partial charge in [0, 0.05) is 10.7 Å². The fourth-order valence-corrected chi connectivity index (χ4v) is 2.04. The van der Waals surface area contributed by atoms with Gasteiger partial charge in [-0.2, -0.15) is 0 Å². The van der Waals surface area contributed by atoms with Gasteiger partial charge in [-0.15, -0.1) is 0 Å². The largest absolute Gasteiger partial charge is 0.306 e. The van der Waals surface area contributed by atoms with Crippen LogP contribution < -0.4 is 5.56 Å². The van der Waals surface area contributed by atoms with Crippen LogP contribution in [0, 0.1) is 0 Å². The van der Waals surface area contributed by atoms with Crippen LogP contribution in [-0.2, 0) is 11.3 Å². The maximum atomic E-state index is 11.2. The highest BCUT2D eigenvalue weighted by Gasteiger charge is 2.01. The van der Waals surface area contributed by atoms with Crippen LogP contribution in [0.1, 0.15) is 0 Å². The van der Waals surface area contributed by atoms with Crippen LogP contribution in [0.4, 0.5) is 0 Å². The first-order valence-electron chi connectivity index (χ1n) is 3.14. The van der Waals surface area contributed by atoms with Gasteiger partial charge >= 0.3 is 0 Å². The molecule has 0 atom stereocenters. The number of rotatable bonds is 2. The Morgan fingerprint density at radius 3 is 2.75 bits per heavy atom. The molecule has 1 aromatic heterocycles. The zero-order valence-electron chi connectivity index (χ0n) is 5.96. The summed E-state index contributed by atoms with van der Waals surface area (Å²) in [7, 11) is 0. The summed E-state index contributed by atoms with van der Waals surface area (Å²) in [6.07, 6.45) is 2.25. The van der Waals surface area contributed by atoms with Crippen molar-refractivity contribution in [2.75, 3.05) is 0 Å². The highest BCUT2D eigenvalue weighted by atomic mass is 79.9. The van der Waals surface area contributed by atoms with E-state index in [9.17, 15) is 9.59 Å². The second-order valence-electron chi connectivity index (χ2n) is 2.13. The average molecular weight is 295 g/mol. The first-order chi connectivity index (χ1) is 5.65. The molecule has 0 aromatic carbocycles. The van der Waals surface area contributed by atoms with E-state index in [1.807, 2.05) is 0 Å². The molecule has 0 saturated heterocycles. The van der Waals surface area contributed by atoms with Crippen molar-refractivity contribution in [3.8, 4) is 0 Å². The molecule has 0 radical (unpaired) electrons. The lowest BCUT2D eigenvalue weighted by atomic mass is 10.5. The number of halogens is 2. The van der Waals surface area contributed by atoms with Crippen LogP contribution in [0.5, 0.6) is 0 Å². The molecule has 64 valence electrons. The van der Waals surface area contributed by atoms with E-state index in [2.05, 4.69) is 31.9 Å². The molecule has 0 aliphatic carbocycles. The van der Waals surface area contributed by atoms with E-state index in [0.717, 1.165) is 4.47 Å². The molecule has 0 spiro atoms. The third kappa shape index (κ3) is 2.04. The van der Waals surface area contributed by atoms with E-state index in [0.29, 0.717) is 10.8 Å². The van der Waals surface area contributed by atoms with Gasteiger partial charge in [0.25, 0.3) is 5.56 Å². The maximum absolute atomic E-state index is 11.2. The summed E-state index contributed by atoms with van der Waals surface area (Å²) < 4.78 is 2.52. The van der Waals surface area contributed by atoms with Crippen LogP contribution in [0.15, 0.2) is 26.0 Å². The fourth-order valence-electron chi connectivity index (χ4n) is 0.781. The molecule has 12 heavy (non-hydrogen) atoms. The van der Waals surface area contributed by atoms with Crippen molar-refractivity contribution in [3.63, 3.8) is 0 Å². The van der Waals surface area contributed by atoms with Gasteiger partial charge in [-0.3, -0.25) is 4.79 Å². The Bertz CT molecular complexity index is 359. The van der Waals surface area contributed by atoms with Gasteiger partial charge in [-0.1, -0.05) is 0 Å². The van der Waals surface area contributed by atoms with Gasteiger partial charge in [-0.25, -0.2) is 0 Å². The predicted molar refractivity (Wildman–Crippen MR) is 52.2 cm³/mol. The Hall–Kier alpha value is -0.420. The third-order valence-electron chi connectivity index (χ3n) is 1.28. The summed E-state index contributed by atoms with van der Waals surface area (Å²) in [5.74, 6) is 0. The minimum atomic E-state index is -0.203. The zero-order chi connectivity index (χ0) is 9.14. The summed E-state index contributed by atoms with van der Waals surface area (Å²) in [5.41, 5.74) is -0.203. The normalized spacial score (nSPS) is 9.83. The third-order valence-corrected chi connectivity index (χ3v) is 2.28. The summed E-state index contributed by atoms with van der Waals surface area (Å²) in [5, 5.41) is 0. The van der Waals surface area contributed by atoms with Crippen LogP contribution in [0.3, 0.4) is 0 Å². The van der Waals surface area contributed by atoms with E-state index in [1.54, 1.807) is 12.3 Å². The predicted octanol–water partition coefficient (Wildman–Crippen LogP) is 1.57. The van der Waals surface area contributed by atoms with E-state index in [-0.39, 0.29) is 12.1 Å². The fraction of sp³-hybridized carbons (Fsp3) is 0.143. The second kappa shape index (κ2) is 4.00. The molecular formula is C7H5Br2NO2. The molecular weight excluding hydrogens is 290 g/mol. The Morgan fingerprint density at radius 1 is 1.50 bits per heavy atom.